The molecule has 31 heavy (non-hydrogen) atoms. The number of hydrogen-bond acceptors (Lipinski definition) is 7. The summed E-state index contributed by atoms with van der Waals surface area (Å²) < 4.78 is 11.2. The smallest absolute Gasteiger partial charge is 0.192 e. The van der Waals surface area contributed by atoms with Crippen molar-refractivity contribution in [2.45, 2.75) is 25.9 Å². The molecule has 0 spiro atoms. The highest BCUT2D eigenvalue weighted by Crippen LogP contribution is 2.29. The van der Waals surface area contributed by atoms with E-state index in [2.05, 4.69) is 32.8 Å². The first-order valence-electron chi connectivity index (χ1n) is 10.9. The molecule has 0 saturated carbocycles. The van der Waals surface area contributed by atoms with E-state index in [0.717, 1.165) is 71.9 Å². The van der Waals surface area contributed by atoms with Crippen LogP contribution in [0.1, 0.15) is 12.8 Å². The molecule has 2 aliphatic heterocycles. The van der Waals surface area contributed by atoms with Crippen LogP contribution in [0.5, 0.6) is 0 Å². The van der Waals surface area contributed by atoms with Crippen molar-refractivity contribution in [1.29, 1.82) is 0 Å². The number of morpholine rings is 1. The molecule has 4 aromatic rings. The van der Waals surface area contributed by atoms with Crippen LogP contribution in [0.4, 0.5) is 5.69 Å². The van der Waals surface area contributed by atoms with Gasteiger partial charge in [-0.1, -0.05) is 0 Å². The van der Waals surface area contributed by atoms with E-state index < -0.39 is 0 Å². The molecule has 0 amide bonds. The summed E-state index contributed by atoms with van der Waals surface area (Å²) in [5.41, 5.74) is 6.55. The molecule has 158 valence electrons. The number of oxazole rings is 1. The topological polar surface area (TPSA) is 67.5 Å². The van der Waals surface area contributed by atoms with Crippen molar-refractivity contribution >= 4 is 27.8 Å². The van der Waals surface area contributed by atoms with E-state index in [-0.39, 0.29) is 0 Å². The second-order valence-corrected chi connectivity index (χ2v) is 8.56. The quantitative estimate of drug-likeness (QED) is 0.506. The third-order valence-electron chi connectivity index (χ3n) is 6.43. The van der Waals surface area contributed by atoms with Crippen molar-refractivity contribution in [1.82, 2.24) is 19.9 Å². The van der Waals surface area contributed by atoms with E-state index in [0.29, 0.717) is 18.0 Å². The van der Waals surface area contributed by atoms with Crippen LogP contribution in [0.15, 0.2) is 47.0 Å². The monoisotopic (exact) mass is 415 g/mol. The summed E-state index contributed by atoms with van der Waals surface area (Å²) in [5, 5.41) is 0. The SMILES string of the molecule is Cc1nc2cc(-c3ccc4ncc(N5CC(N6CCOC[C@@H]6C)C5)cc4n3)ccc2o1. The number of benzene rings is 1. The summed E-state index contributed by atoms with van der Waals surface area (Å²) in [6.45, 7) is 8.86. The van der Waals surface area contributed by atoms with Crippen molar-refractivity contribution < 1.29 is 9.15 Å². The number of fused-ring (bicyclic) bond motifs is 2. The standard InChI is InChI=1S/C24H25N5O2/c1-15-14-30-8-7-29(15)19-12-28(13-19)18-10-22-21(25-11-18)5-4-20(27-22)17-3-6-24-23(9-17)26-16(2)31-24/h3-6,9-11,15,19H,7-8,12-14H2,1-2H3/t15-/m0/s1. The molecule has 2 fully saturated rings. The summed E-state index contributed by atoms with van der Waals surface area (Å²) in [7, 11) is 0. The van der Waals surface area contributed by atoms with E-state index in [9.17, 15) is 0 Å². The second kappa shape index (κ2) is 7.28. The molecule has 6 rings (SSSR count). The fourth-order valence-corrected chi connectivity index (χ4v) is 4.69. The molecule has 1 aromatic carbocycles. The van der Waals surface area contributed by atoms with E-state index >= 15 is 0 Å². The maximum absolute atomic E-state index is 5.59. The molecule has 3 aromatic heterocycles. The zero-order chi connectivity index (χ0) is 20.9. The maximum Gasteiger partial charge on any atom is 0.192 e. The van der Waals surface area contributed by atoms with Crippen LogP contribution in [-0.4, -0.2) is 64.8 Å². The van der Waals surface area contributed by atoms with Gasteiger partial charge in [-0.3, -0.25) is 9.88 Å². The molecule has 2 aliphatic rings. The Morgan fingerprint density at radius 1 is 1.00 bits per heavy atom. The second-order valence-electron chi connectivity index (χ2n) is 8.56. The van der Waals surface area contributed by atoms with Gasteiger partial charge in [0.2, 0.25) is 0 Å². The minimum Gasteiger partial charge on any atom is -0.441 e. The van der Waals surface area contributed by atoms with Gasteiger partial charge in [0.15, 0.2) is 11.5 Å². The van der Waals surface area contributed by atoms with Crippen LogP contribution in [0, 0.1) is 6.92 Å². The Bertz CT molecular complexity index is 1260. The Labute approximate surface area is 180 Å². The van der Waals surface area contributed by atoms with Crippen molar-refractivity contribution in [3.05, 3.63) is 48.5 Å². The summed E-state index contributed by atoms with van der Waals surface area (Å²) in [6, 6.07) is 13.3. The number of pyridine rings is 2. The van der Waals surface area contributed by atoms with Crippen LogP contribution in [0.2, 0.25) is 0 Å². The van der Waals surface area contributed by atoms with Gasteiger partial charge < -0.3 is 14.1 Å². The highest BCUT2D eigenvalue weighted by molar-refractivity contribution is 5.84. The van der Waals surface area contributed by atoms with Gasteiger partial charge in [-0.15, -0.1) is 0 Å². The summed E-state index contributed by atoms with van der Waals surface area (Å²) in [6.07, 6.45) is 1.97. The van der Waals surface area contributed by atoms with Crippen LogP contribution in [0.3, 0.4) is 0 Å². The molecule has 0 radical (unpaired) electrons. The number of ether oxygens (including phenoxy) is 1. The lowest BCUT2D eigenvalue weighted by Gasteiger charge is -2.49. The van der Waals surface area contributed by atoms with E-state index in [1.54, 1.807) is 0 Å². The minimum atomic E-state index is 0.491. The normalized spacial score (nSPS) is 20.5. The largest absolute Gasteiger partial charge is 0.441 e. The molecule has 1 atom stereocenters. The van der Waals surface area contributed by atoms with E-state index in [4.69, 9.17) is 14.1 Å². The van der Waals surface area contributed by atoms with Gasteiger partial charge in [-0.2, -0.15) is 0 Å². The number of hydrogen-bond donors (Lipinski definition) is 0. The van der Waals surface area contributed by atoms with Crippen LogP contribution < -0.4 is 4.90 Å². The number of aryl methyl sites for hydroxylation is 1. The average Bonchev–Trinajstić information content (AvgIpc) is 3.12. The molecule has 5 heterocycles. The van der Waals surface area contributed by atoms with E-state index in [1.165, 1.54) is 0 Å². The van der Waals surface area contributed by atoms with Gasteiger partial charge >= 0.3 is 0 Å². The lowest BCUT2D eigenvalue weighted by Crippen LogP contribution is -2.63. The molecule has 7 nitrogen and oxygen atoms in total. The molecular weight excluding hydrogens is 390 g/mol. The highest BCUT2D eigenvalue weighted by atomic mass is 16.5. The lowest BCUT2D eigenvalue weighted by atomic mass is 10.0. The van der Waals surface area contributed by atoms with Crippen LogP contribution in [-0.2, 0) is 4.74 Å². The summed E-state index contributed by atoms with van der Waals surface area (Å²) in [5.74, 6) is 0.673. The average molecular weight is 415 g/mol. The number of anilines is 1. The molecule has 0 aliphatic carbocycles. The summed E-state index contributed by atoms with van der Waals surface area (Å²) in [4.78, 5) is 19.0. The maximum atomic E-state index is 5.59. The fraction of sp³-hybridized carbons (Fsp3) is 0.375. The Kier molecular flexibility index (Phi) is 4.40. The zero-order valence-corrected chi connectivity index (χ0v) is 17.8. The molecule has 0 N–H and O–H groups in total. The van der Waals surface area contributed by atoms with Crippen molar-refractivity contribution in [3.63, 3.8) is 0 Å². The fourth-order valence-electron chi connectivity index (χ4n) is 4.69. The Morgan fingerprint density at radius 2 is 1.90 bits per heavy atom. The van der Waals surface area contributed by atoms with E-state index in [1.807, 2.05) is 43.5 Å². The Hall–Kier alpha value is -3.03. The molecule has 7 heteroatoms. The number of nitrogens with zero attached hydrogens (tertiary/aromatic N) is 5. The van der Waals surface area contributed by atoms with Gasteiger partial charge in [-0.25, -0.2) is 9.97 Å². The first-order chi connectivity index (χ1) is 15.1. The van der Waals surface area contributed by atoms with Crippen LogP contribution >= 0.6 is 0 Å². The predicted octanol–water partition coefficient (Wildman–Crippen LogP) is 3.66. The third kappa shape index (κ3) is 3.34. The molecule has 0 bridgehead atoms. The predicted molar refractivity (Wildman–Crippen MR) is 120 cm³/mol. The van der Waals surface area contributed by atoms with Gasteiger partial charge in [0.05, 0.1) is 41.8 Å². The Morgan fingerprint density at radius 3 is 2.77 bits per heavy atom. The van der Waals surface area contributed by atoms with Crippen LogP contribution in [0.25, 0.3) is 33.4 Å². The van der Waals surface area contributed by atoms with Crippen molar-refractivity contribution in [2.75, 3.05) is 37.7 Å². The van der Waals surface area contributed by atoms with Gasteiger partial charge in [0.1, 0.15) is 5.52 Å². The number of aromatic nitrogens is 3. The molecular formula is C24H25N5O2. The van der Waals surface area contributed by atoms with Gasteiger partial charge in [0, 0.05) is 44.2 Å². The number of rotatable bonds is 3. The third-order valence-corrected chi connectivity index (χ3v) is 6.43. The zero-order valence-electron chi connectivity index (χ0n) is 17.8. The first-order valence-corrected chi connectivity index (χ1v) is 10.9. The van der Waals surface area contributed by atoms with Gasteiger partial charge in [-0.05, 0) is 43.3 Å². The first kappa shape index (κ1) is 18.7. The molecule has 2 saturated heterocycles. The summed E-state index contributed by atoms with van der Waals surface area (Å²) >= 11 is 0. The van der Waals surface area contributed by atoms with Crippen molar-refractivity contribution in [3.8, 4) is 11.3 Å². The lowest BCUT2D eigenvalue weighted by molar-refractivity contribution is -0.0274. The highest BCUT2D eigenvalue weighted by Gasteiger charge is 2.35. The Balaban J connectivity index is 1.25. The minimum absolute atomic E-state index is 0.491. The van der Waals surface area contributed by atoms with Crippen molar-refractivity contribution in [2.24, 2.45) is 0 Å². The van der Waals surface area contributed by atoms with Gasteiger partial charge in [0.25, 0.3) is 0 Å². The molecule has 0 unspecified atom stereocenters.